The minimum absolute atomic E-state index is 0.650. The number of para-hydroxylation sites is 3. The zero-order valence-electron chi connectivity index (χ0n) is 17.1. The third-order valence-corrected chi connectivity index (χ3v) is 4.93. The summed E-state index contributed by atoms with van der Waals surface area (Å²) >= 11 is 0. The maximum atomic E-state index is 5.93. The molecular weight excluding hydrogens is 362 g/mol. The Balaban J connectivity index is 1.51. The van der Waals surface area contributed by atoms with Crippen molar-refractivity contribution >= 4 is 0 Å². The Labute approximate surface area is 173 Å². The monoisotopic (exact) mass is 392 g/mol. The van der Waals surface area contributed by atoms with Gasteiger partial charge < -0.3 is 18.7 Å². The molecule has 0 heterocycles. The molecular formula is C25H30NO3+. The Hall–Kier alpha value is -2.98. The van der Waals surface area contributed by atoms with Crippen LogP contribution in [0.1, 0.15) is 0 Å². The molecule has 0 aliphatic carbocycles. The van der Waals surface area contributed by atoms with E-state index in [9.17, 15) is 0 Å². The molecule has 4 heteroatoms. The van der Waals surface area contributed by atoms with Gasteiger partial charge in [-0.15, -0.1) is 0 Å². The molecule has 152 valence electrons. The van der Waals surface area contributed by atoms with Crippen molar-refractivity contribution in [3.63, 3.8) is 0 Å². The Bertz CT molecular complexity index is 698. The minimum atomic E-state index is 0.650. The fourth-order valence-electron chi connectivity index (χ4n) is 3.04. The van der Waals surface area contributed by atoms with E-state index in [0.717, 1.165) is 41.4 Å². The fraction of sp³-hybridized carbons (Fsp3) is 0.280. The van der Waals surface area contributed by atoms with E-state index >= 15 is 0 Å². The highest BCUT2D eigenvalue weighted by Gasteiger charge is 2.22. The zero-order chi connectivity index (χ0) is 20.2. The molecule has 0 N–H and O–H groups in total. The van der Waals surface area contributed by atoms with Crippen LogP contribution in [-0.2, 0) is 0 Å². The van der Waals surface area contributed by atoms with Gasteiger partial charge in [0.1, 0.15) is 56.7 Å². The number of hydrogen-bond donors (Lipinski definition) is 0. The van der Waals surface area contributed by atoms with Crippen molar-refractivity contribution in [1.82, 2.24) is 0 Å². The summed E-state index contributed by atoms with van der Waals surface area (Å²) in [5.74, 6) is 2.71. The Kier molecular flexibility index (Phi) is 7.96. The van der Waals surface area contributed by atoms with Crippen molar-refractivity contribution < 1.29 is 18.7 Å². The van der Waals surface area contributed by atoms with Crippen LogP contribution < -0.4 is 14.2 Å². The van der Waals surface area contributed by atoms with Crippen LogP contribution >= 0.6 is 0 Å². The molecule has 3 rings (SSSR count). The lowest BCUT2D eigenvalue weighted by Crippen LogP contribution is -2.51. The second kappa shape index (κ2) is 11.1. The molecule has 0 saturated carbocycles. The molecule has 0 aliphatic rings. The molecule has 3 aromatic rings. The topological polar surface area (TPSA) is 27.7 Å². The molecule has 0 amide bonds. The summed E-state index contributed by atoms with van der Waals surface area (Å²) in [4.78, 5) is 0. The summed E-state index contributed by atoms with van der Waals surface area (Å²) in [6.07, 6.45) is 0. The predicted octanol–water partition coefficient (Wildman–Crippen LogP) is 4.67. The van der Waals surface area contributed by atoms with Crippen LogP contribution in [0.4, 0.5) is 0 Å². The molecule has 3 aromatic carbocycles. The summed E-state index contributed by atoms with van der Waals surface area (Å²) in [7, 11) is 2.23. The molecule has 0 unspecified atom stereocenters. The van der Waals surface area contributed by atoms with E-state index in [2.05, 4.69) is 7.05 Å². The number of benzene rings is 3. The third-order valence-electron chi connectivity index (χ3n) is 4.93. The predicted molar refractivity (Wildman–Crippen MR) is 117 cm³/mol. The van der Waals surface area contributed by atoms with Crippen molar-refractivity contribution in [2.24, 2.45) is 0 Å². The van der Waals surface area contributed by atoms with Gasteiger partial charge in [0.2, 0.25) is 0 Å². The second-order valence-corrected chi connectivity index (χ2v) is 7.27. The van der Waals surface area contributed by atoms with E-state index in [-0.39, 0.29) is 0 Å². The van der Waals surface area contributed by atoms with Crippen molar-refractivity contribution in [2.45, 2.75) is 0 Å². The van der Waals surface area contributed by atoms with Crippen LogP contribution in [0, 0.1) is 0 Å². The first-order valence-corrected chi connectivity index (χ1v) is 10.1. The van der Waals surface area contributed by atoms with Gasteiger partial charge in [0, 0.05) is 0 Å². The first-order valence-electron chi connectivity index (χ1n) is 10.1. The van der Waals surface area contributed by atoms with Crippen molar-refractivity contribution in [3.8, 4) is 17.2 Å². The van der Waals surface area contributed by atoms with Gasteiger partial charge >= 0.3 is 0 Å². The molecule has 0 aliphatic heterocycles. The largest absolute Gasteiger partial charge is 0.488 e. The lowest BCUT2D eigenvalue weighted by molar-refractivity contribution is -0.909. The van der Waals surface area contributed by atoms with Gasteiger partial charge in [-0.2, -0.15) is 0 Å². The van der Waals surface area contributed by atoms with Gasteiger partial charge in [-0.1, -0.05) is 54.6 Å². The van der Waals surface area contributed by atoms with E-state index in [4.69, 9.17) is 14.2 Å². The number of rotatable bonds is 12. The zero-order valence-corrected chi connectivity index (χ0v) is 17.1. The molecule has 0 bridgehead atoms. The SMILES string of the molecule is C[N+](CCOc1ccccc1)(CCOc1ccccc1)CCOc1ccccc1. The van der Waals surface area contributed by atoms with Crippen LogP contribution in [0.3, 0.4) is 0 Å². The lowest BCUT2D eigenvalue weighted by Gasteiger charge is -2.34. The average molecular weight is 393 g/mol. The molecule has 0 spiro atoms. The Morgan fingerprint density at radius 1 is 0.483 bits per heavy atom. The normalized spacial score (nSPS) is 11.1. The first kappa shape index (κ1) is 20.7. The second-order valence-electron chi connectivity index (χ2n) is 7.27. The van der Waals surface area contributed by atoms with Gasteiger partial charge in [-0.05, 0) is 36.4 Å². The summed E-state index contributed by atoms with van der Waals surface area (Å²) < 4.78 is 18.6. The highest BCUT2D eigenvalue weighted by Crippen LogP contribution is 2.13. The van der Waals surface area contributed by atoms with Crippen molar-refractivity contribution in [3.05, 3.63) is 91.0 Å². The Morgan fingerprint density at radius 3 is 1.03 bits per heavy atom. The molecule has 0 radical (unpaired) electrons. The van der Waals surface area contributed by atoms with Crippen LogP contribution in [0.25, 0.3) is 0 Å². The summed E-state index contributed by atoms with van der Waals surface area (Å²) in [5, 5.41) is 0. The van der Waals surface area contributed by atoms with Crippen molar-refractivity contribution in [2.75, 3.05) is 46.5 Å². The summed E-state index contributed by atoms with van der Waals surface area (Å²) in [6, 6.07) is 29.9. The number of likely N-dealkylation sites (N-methyl/N-ethyl adjacent to an activating group) is 1. The van der Waals surface area contributed by atoms with E-state index in [1.54, 1.807) is 0 Å². The number of hydrogen-bond acceptors (Lipinski definition) is 3. The van der Waals surface area contributed by atoms with E-state index in [1.165, 1.54) is 0 Å². The van der Waals surface area contributed by atoms with E-state index in [1.807, 2.05) is 91.0 Å². The highest BCUT2D eigenvalue weighted by atomic mass is 16.5. The maximum Gasteiger partial charge on any atom is 0.137 e. The summed E-state index contributed by atoms with van der Waals surface area (Å²) in [5.41, 5.74) is 0. The first-order chi connectivity index (χ1) is 14.2. The Morgan fingerprint density at radius 2 is 0.759 bits per heavy atom. The molecule has 0 atom stereocenters. The average Bonchev–Trinajstić information content (AvgIpc) is 2.76. The molecule has 0 saturated heterocycles. The number of quaternary nitrogens is 1. The van der Waals surface area contributed by atoms with Gasteiger partial charge in [0.25, 0.3) is 0 Å². The van der Waals surface area contributed by atoms with Crippen LogP contribution in [0.15, 0.2) is 91.0 Å². The van der Waals surface area contributed by atoms with E-state index in [0.29, 0.717) is 19.8 Å². The van der Waals surface area contributed by atoms with Crippen LogP contribution in [-0.4, -0.2) is 51.0 Å². The van der Waals surface area contributed by atoms with Crippen LogP contribution in [0.2, 0.25) is 0 Å². The minimum Gasteiger partial charge on any atom is -0.488 e. The van der Waals surface area contributed by atoms with Crippen LogP contribution in [0.5, 0.6) is 17.2 Å². The molecule has 29 heavy (non-hydrogen) atoms. The molecule has 4 nitrogen and oxygen atoms in total. The van der Waals surface area contributed by atoms with Gasteiger partial charge in [-0.25, -0.2) is 0 Å². The fourth-order valence-corrected chi connectivity index (χ4v) is 3.04. The third kappa shape index (κ3) is 7.51. The standard InChI is InChI=1S/C25H30NO3/c1-26(17-20-27-23-11-5-2-6-12-23,18-21-28-24-13-7-3-8-14-24)19-22-29-25-15-9-4-10-16-25/h2-16H,17-22H2,1H3/q+1. The van der Waals surface area contributed by atoms with Gasteiger partial charge in [0.15, 0.2) is 0 Å². The molecule has 0 aromatic heterocycles. The summed E-state index contributed by atoms with van der Waals surface area (Å²) in [6.45, 7) is 4.59. The highest BCUT2D eigenvalue weighted by molar-refractivity contribution is 5.22. The molecule has 0 fully saturated rings. The van der Waals surface area contributed by atoms with Crippen molar-refractivity contribution in [1.29, 1.82) is 0 Å². The smallest absolute Gasteiger partial charge is 0.137 e. The number of ether oxygens (including phenoxy) is 3. The number of nitrogens with zero attached hydrogens (tertiary/aromatic N) is 1. The maximum absolute atomic E-state index is 5.93. The van der Waals surface area contributed by atoms with Gasteiger partial charge in [0.05, 0.1) is 7.05 Å². The lowest BCUT2D eigenvalue weighted by atomic mass is 10.3. The quantitative estimate of drug-likeness (QED) is 0.419. The van der Waals surface area contributed by atoms with E-state index < -0.39 is 0 Å². The van der Waals surface area contributed by atoms with Gasteiger partial charge in [-0.3, -0.25) is 0 Å².